The molecular formula is C13H17N5O. The van der Waals surface area contributed by atoms with Gasteiger partial charge in [-0.15, -0.1) is 5.10 Å². The molecule has 0 spiro atoms. The van der Waals surface area contributed by atoms with Gasteiger partial charge in [0.25, 0.3) is 0 Å². The van der Waals surface area contributed by atoms with Crippen molar-refractivity contribution in [1.29, 1.82) is 0 Å². The summed E-state index contributed by atoms with van der Waals surface area (Å²) in [5.74, 6) is 0.801. The zero-order chi connectivity index (χ0) is 13.2. The van der Waals surface area contributed by atoms with Crippen LogP contribution < -0.4 is 5.73 Å². The third-order valence-corrected chi connectivity index (χ3v) is 3.56. The van der Waals surface area contributed by atoms with Gasteiger partial charge in [0.1, 0.15) is 0 Å². The number of nitrogens with two attached hydrogens (primary N) is 1. The molecule has 100 valence electrons. The van der Waals surface area contributed by atoms with Crippen molar-refractivity contribution in [2.45, 2.75) is 25.8 Å². The maximum Gasteiger partial charge on any atom is 0.182 e. The van der Waals surface area contributed by atoms with Crippen molar-refractivity contribution in [1.82, 2.24) is 20.2 Å². The van der Waals surface area contributed by atoms with E-state index in [1.165, 1.54) is 0 Å². The fourth-order valence-corrected chi connectivity index (χ4v) is 2.37. The number of nitrogen functional groups attached to an aromatic ring is 1. The van der Waals surface area contributed by atoms with Crippen molar-refractivity contribution in [3.05, 3.63) is 23.8 Å². The molecule has 1 aliphatic rings. The molecule has 0 atom stereocenters. The molecule has 2 N–H and O–H groups in total. The Morgan fingerprint density at radius 1 is 1.32 bits per heavy atom. The van der Waals surface area contributed by atoms with E-state index in [-0.39, 0.29) is 0 Å². The van der Waals surface area contributed by atoms with Crippen LogP contribution in [0.3, 0.4) is 0 Å². The Hall–Kier alpha value is -1.95. The number of aryl methyl sites for hydroxylation is 1. The van der Waals surface area contributed by atoms with Crippen LogP contribution in [0.15, 0.2) is 18.2 Å². The normalized spacial score (nSPS) is 16.7. The summed E-state index contributed by atoms with van der Waals surface area (Å²) in [5.41, 5.74) is 8.68. The highest BCUT2D eigenvalue weighted by molar-refractivity contribution is 5.61. The van der Waals surface area contributed by atoms with E-state index in [1.807, 2.05) is 29.8 Å². The first-order valence-corrected chi connectivity index (χ1v) is 6.48. The minimum atomic E-state index is 0.316. The molecule has 0 bridgehead atoms. The van der Waals surface area contributed by atoms with Crippen LogP contribution in [-0.4, -0.2) is 33.4 Å². The third-order valence-electron chi connectivity index (χ3n) is 3.56. The smallest absolute Gasteiger partial charge is 0.182 e. The standard InChI is InChI=1S/C13H17N5O/c1-9-8-10(2-3-12(9)14)13-15-16-17-18(13)11-4-6-19-7-5-11/h2-3,8,11H,4-7,14H2,1H3. The van der Waals surface area contributed by atoms with Gasteiger partial charge in [-0.25, -0.2) is 4.68 Å². The largest absolute Gasteiger partial charge is 0.399 e. The first-order valence-electron chi connectivity index (χ1n) is 6.48. The summed E-state index contributed by atoms with van der Waals surface area (Å²) in [6, 6.07) is 6.20. The molecule has 6 heteroatoms. The summed E-state index contributed by atoms with van der Waals surface area (Å²) in [6.45, 7) is 3.52. The first-order chi connectivity index (χ1) is 9.25. The van der Waals surface area contributed by atoms with E-state index in [2.05, 4.69) is 15.5 Å². The van der Waals surface area contributed by atoms with Crippen LogP contribution in [0.5, 0.6) is 0 Å². The Kier molecular flexibility index (Phi) is 3.16. The van der Waals surface area contributed by atoms with E-state index < -0.39 is 0 Å². The molecule has 0 saturated carbocycles. The van der Waals surface area contributed by atoms with Crippen LogP contribution in [0.2, 0.25) is 0 Å². The molecule has 0 aliphatic carbocycles. The fourth-order valence-electron chi connectivity index (χ4n) is 2.37. The van der Waals surface area contributed by atoms with E-state index in [0.29, 0.717) is 6.04 Å². The Morgan fingerprint density at radius 2 is 2.11 bits per heavy atom. The number of benzene rings is 1. The maximum atomic E-state index is 5.85. The molecule has 3 rings (SSSR count). The predicted octanol–water partition coefficient (Wildman–Crippen LogP) is 1.58. The van der Waals surface area contributed by atoms with Crippen molar-refractivity contribution >= 4 is 5.69 Å². The predicted molar refractivity (Wildman–Crippen MR) is 71.5 cm³/mol. The van der Waals surface area contributed by atoms with Gasteiger partial charge in [0.05, 0.1) is 6.04 Å². The van der Waals surface area contributed by atoms with Crippen molar-refractivity contribution < 1.29 is 4.74 Å². The quantitative estimate of drug-likeness (QED) is 0.828. The average molecular weight is 259 g/mol. The highest BCUT2D eigenvalue weighted by atomic mass is 16.5. The van der Waals surface area contributed by atoms with Crippen LogP contribution in [0.25, 0.3) is 11.4 Å². The number of ether oxygens (including phenoxy) is 1. The van der Waals surface area contributed by atoms with E-state index >= 15 is 0 Å². The lowest BCUT2D eigenvalue weighted by Crippen LogP contribution is -2.21. The third kappa shape index (κ3) is 2.31. The fraction of sp³-hybridized carbons (Fsp3) is 0.462. The number of nitrogens with zero attached hydrogens (tertiary/aromatic N) is 4. The lowest BCUT2D eigenvalue weighted by atomic mass is 10.1. The second-order valence-corrected chi connectivity index (χ2v) is 4.86. The van der Waals surface area contributed by atoms with Gasteiger partial charge in [-0.05, 0) is 54.0 Å². The van der Waals surface area contributed by atoms with Gasteiger partial charge in [-0.1, -0.05) is 0 Å². The number of anilines is 1. The Balaban J connectivity index is 1.96. The summed E-state index contributed by atoms with van der Waals surface area (Å²) in [4.78, 5) is 0. The molecule has 19 heavy (non-hydrogen) atoms. The van der Waals surface area contributed by atoms with Gasteiger partial charge in [0.2, 0.25) is 0 Å². The molecular weight excluding hydrogens is 242 g/mol. The zero-order valence-electron chi connectivity index (χ0n) is 10.9. The second-order valence-electron chi connectivity index (χ2n) is 4.86. The van der Waals surface area contributed by atoms with E-state index in [1.54, 1.807) is 0 Å². The van der Waals surface area contributed by atoms with Gasteiger partial charge in [0.15, 0.2) is 5.82 Å². The highest BCUT2D eigenvalue weighted by Gasteiger charge is 2.21. The van der Waals surface area contributed by atoms with Gasteiger partial charge in [-0.2, -0.15) is 0 Å². The minimum Gasteiger partial charge on any atom is -0.399 e. The lowest BCUT2D eigenvalue weighted by molar-refractivity contribution is 0.0662. The first kappa shape index (κ1) is 12.1. The Bertz CT molecular complexity index is 574. The van der Waals surface area contributed by atoms with Gasteiger partial charge < -0.3 is 10.5 Å². The number of rotatable bonds is 2. The number of aromatic nitrogens is 4. The van der Waals surface area contributed by atoms with Crippen LogP contribution in [0.4, 0.5) is 5.69 Å². The van der Waals surface area contributed by atoms with Crippen LogP contribution in [0, 0.1) is 6.92 Å². The number of hydrogen-bond donors (Lipinski definition) is 1. The molecule has 2 aromatic rings. The Labute approximate surface area is 111 Å². The Morgan fingerprint density at radius 3 is 2.84 bits per heavy atom. The van der Waals surface area contributed by atoms with Gasteiger partial charge >= 0.3 is 0 Å². The average Bonchev–Trinajstić information content (AvgIpc) is 2.92. The van der Waals surface area contributed by atoms with Crippen molar-refractivity contribution in [2.24, 2.45) is 0 Å². The zero-order valence-corrected chi connectivity index (χ0v) is 10.9. The highest BCUT2D eigenvalue weighted by Crippen LogP contribution is 2.27. The molecule has 6 nitrogen and oxygen atoms in total. The number of tetrazole rings is 1. The van der Waals surface area contributed by atoms with Gasteiger partial charge in [0, 0.05) is 24.5 Å². The molecule has 2 heterocycles. The van der Waals surface area contributed by atoms with E-state index in [0.717, 1.165) is 48.7 Å². The van der Waals surface area contributed by atoms with Crippen molar-refractivity contribution in [3.63, 3.8) is 0 Å². The molecule has 0 unspecified atom stereocenters. The molecule has 1 aromatic heterocycles. The summed E-state index contributed by atoms with van der Waals surface area (Å²) >= 11 is 0. The lowest BCUT2D eigenvalue weighted by Gasteiger charge is -2.22. The summed E-state index contributed by atoms with van der Waals surface area (Å²) < 4.78 is 7.29. The van der Waals surface area contributed by atoms with Crippen LogP contribution in [0.1, 0.15) is 24.4 Å². The SMILES string of the molecule is Cc1cc(-c2nnnn2C2CCOCC2)ccc1N. The summed E-state index contributed by atoms with van der Waals surface area (Å²) in [6.07, 6.45) is 1.90. The molecule has 1 aliphatic heterocycles. The van der Waals surface area contributed by atoms with E-state index in [4.69, 9.17) is 10.5 Å². The molecule has 0 radical (unpaired) electrons. The second kappa shape index (κ2) is 4.97. The monoisotopic (exact) mass is 259 g/mol. The van der Waals surface area contributed by atoms with Gasteiger partial charge in [-0.3, -0.25) is 0 Å². The van der Waals surface area contributed by atoms with Crippen molar-refractivity contribution in [2.75, 3.05) is 18.9 Å². The molecule has 0 amide bonds. The maximum absolute atomic E-state index is 5.85. The molecule has 1 fully saturated rings. The van der Waals surface area contributed by atoms with Crippen LogP contribution >= 0.6 is 0 Å². The summed E-state index contributed by atoms with van der Waals surface area (Å²) in [5, 5.41) is 12.1. The van der Waals surface area contributed by atoms with Crippen LogP contribution in [-0.2, 0) is 4.74 Å². The molecule has 1 aromatic carbocycles. The summed E-state index contributed by atoms with van der Waals surface area (Å²) in [7, 11) is 0. The van der Waals surface area contributed by atoms with Crippen molar-refractivity contribution in [3.8, 4) is 11.4 Å². The minimum absolute atomic E-state index is 0.316. The van der Waals surface area contributed by atoms with E-state index in [9.17, 15) is 0 Å². The molecule has 1 saturated heterocycles. The number of hydrogen-bond acceptors (Lipinski definition) is 5. The topological polar surface area (TPSA) is 78.8 Å².